The first-order valence-electron chi connectivity index (χ1n) is 9.36. The van der Waals surface area contributed by atoms with E-state index in [1.54, 1.807) is 31.4 Å². The number of methoxy groups -OCH3 is 1. The summed E-state index contributed by atoms with van der Waals surface area (Å²) in [6, 6.07) is 28.8. The molecule has 0 aliphatic carbocycles. The van der Waals surface area contributed by atoms with Crippen molar-refractivity contribution in [1.29, 1.82) is 0 Å². The molecule has 144 valence electrons. The summed E-state index contributed by atoms with van der Waals surface area (Å²) in [5.41, 5.74) is 3.36. The average Bonchev–Trinajstić information content (AvgIpc) is 3.23. The first-order valence-corrected chi connectivity index (χ1v) is 9.36. The number of anilines is 1. The van der Waals surface area contributed by atoms with Crippen LogP contribution in [0.5, 0.6) is 5.75 Å². The maximum atomic E-state index is 13.1. The SMILES string of the molecule is COc1ccc(C(=O)n2nc(-c3ccccc3)cc2NCc2ccccc2)cc1. The second-order valence-corrected chi connectivity index (χ2v) is 6.57. The van der Waals surface area contributed by atoms with Crippen LogP contribution in [0.15, 0.2) is 91.0 Å². The summed E-state index contributed by atoms with van der Waals surface area (Å²) in [5.74, 6) is 1.15. The largest absolute Gasteiger partial charge is 0.497 e. The van der Waals surface area contributed by atoms with E-state index < -0.39 is 0 Å². The predicted molar refractivity (Wildman–Crippen MR) is 114 cm³/mol. The minimum Gasteiger partial charge on any atom is -0.497 e. The Hall–Kier alpha value is -3.86. The van der Waals surface area contributed by atoms with E-state index in [0.29, 0.717) is 23.7 Å². The quantitative estimate of drug-likeness (QED) is 0.517. The van der Waals surface area contributed by atoms with Crippen LogP contribution < -0.4 is 10.1 Å². The van der Waals surface area contributed by atoms with Gasteiger partial charge in [-0.2, -0.15) is 9.78 Å². The molecule has 4 rings (SSSR count). The van der Waals surface area contributed by atoms with Crippen LogP contribution in [0.25, 0.3) is 11.3 Å². The van der Waals surface area contributed by atoms with Crippen molar-refractivity contribution in [1.82, 2.24) is 9.78 Å². The van der Waals surface area contributed by atoms with Gasteiger partial charge in [0, 0.05) is 23.7 Å². The van der Waals surface area contributed by atoms with Crippen LogP contribution in [0, 0.1) is 0 Å². The Morgan fingerprint density at radius 1 is 0.931 bits per heavy atom. The Bertz CT molecular complexity index is 1090. The molecule has 0 saturated carbocycles. The summed E-state index contributed by atoms with van der Waals surface area (Å²) >= 11 is 0. The van der Waals surface area contributed by atoms with Crippen LogP contribution in [-0.4, -0.2) is 22.8 Å². The molecule has 0 spiro atoms. The molecule has 3 aromatic carbocycles. The lowest BCUT2D eigenvalue weighted by Gasteiger charge is -2.09. The number of aromatic nitrogens is 2. The Morgan fingerprint density at radius 3 is 2.24 bits per heavy atom. The first-order chi connectivity index (χ1) is 14.2. The smallest absolute Gasteiger partial charge is 0.280 e. The van der Waals surface area contributed by atoms with Gasteiger partial charge in [-0.25, -0.2) is 0 Å². The summed E-state index contributed by atoms with van der Waals surface area (Å²) in [6.07, 6.45) is 0. The highest BCUT2D eigenvalue weighted by molar-refractivity contribution is 5.97. The zero-order valence-corrected chi connectivity index (χ0v) is 16.1. The van der Waals surface area contributed by atoms with E-state index in [2.05, 4.69) is 10.4 Å². The minimum absolute atomic E-state index is 0.203. The number of carbonyl (C=O) groups excluding carboxylic acids is 1. The highest BCUT2D eigenvalue weighted by Gasteiger charge is 2.17. The Kier molecular flexibility index (Phi) is 5.38. The van der Waals surface area contributed by atoms with Crippen molar-refractivity contribution in [2.45, 2.75) is 6.54 Å². The van der Waals surface area contributed by atoms with E-state index in [-0.39, 0.29) is 5.91 Å². The van der Waals surface area contributed by atoms with Crippen LogP contribution in [0.1, 0.15) is 15.9 Å². The van der Waals surface area contributed by atoms with Gasteiger partial charge in [0.1, 0.15) is 11.6 Å². The lowest BCUT2D eigenvalue weighted by molar-refractivity contribution is 0.0948. The van der Waals surface area contributed by atoms with Crippen molar-refractivity contribution < 1.29 is 9.53 Å². The van der Waals surface area contributed by atoms with Gasteiger partial charge < -0.3 is 10.1 Å². The monoisotopic (exact) mass is 383 g/mol. The number of carbonyl (C=O) groups is 1. The Labute approximate surface area is 169 Å². The number of hydrogen-bond acceptors (Lipinski definition) is 4. The summed E-state index contributed by atoms with van der Waals surface area (Å²) < 4.78 is 6.61. The van der Waals surface area contributed by atoms with E-state index in [1.807, 2.05) is 66.7 Å². The van der Waals surface area contributed by atoms with E-state index in [4.69, 9.17) is 4.74 Å². The van der Waals surface area contributed by atoms with Gasteiger partial charge >= 0.3 is 0 Å². The standard InChI is InChI=1S/C24H21N3O2/c1-29-21-14-12-20(13-15-21)24(28)27-23(25-17-18-8-4-2-5-9-18)16-22(26-27)19-10-6-3-7-11-19/h2-16,25H,17H2,1H3. The van der Waals surface area contributed by atoms with Gasteiger partial charge in [0.15, 0.2) is 0 Å². The summed E-state index contributed by atoms with van der Waals surface area (Å²) in [7, 11) is 1.60. The molecule has 1 heterocycles. The number of nitrogens with zero attached hydrogens (tertiary/aromatic N) is 2. The first kappa shape index (κ1) is 18.5. The van der Waals surface area contributed by atoms with Crippen LogP contribution in [0.4, 0.5) is 5.82 Å². The molecule has 4 aromatic rings. The average molecular weight is 383 g/mol. The number of benzene rings is 3. The second kappa shape index (κ2) is 8.44. The number of ether oxygens (including phenoxy) is 1. The van der Waals surface area contributed by atoms with Crippen LogP contribution in [0.2, 0.25) is 0 Å². The molecule has 0 atom stereocenters. The molecule has 1 N–H and O–H groups in total. The van der Waals surface area contributed by atoms with E-state index in [0.717, 1.165) is 16.8 Å². The number of hydrogen-bond donors (Lipinski definition) is 1. The maximum absolute atomic E-state index is 13.1. The lowest BCUT2D eigenvalue weighted by atomic mass is 10.1. The molecule has 0 aliphatic rings. The van der Waals surface area contributed by atoms with E-state index >= 15 is 0 Å². The zero-order chi connectivity index (χ0) is 20.1. The molecule has 0 fully saturated rings. The van der Waals surface area contributed by atoms with Crippen molar-refractivity contribution in [3.8, 4) is 17.0 Å². The summed E-state index contributed by atoms with van der Waals surface area (Å²) in [5, 5.41) is 7.93. The fourth-order valence-electron chi connectivity index (χ4n) is 3.06. The molecule has 0 aliphatic heterocycles. The van der Waals surface area contributed by atoms with Crippen LogP contribution >= 0.6 is 0 Å². The molecule has 0 amide bonds. The third-order valence-corrected chi connectivity index (χ3v) is 4.62. The molecule has 0 unspecified atom stereocenters. The molecule has 1 aromatic heterocycles. The topological polar surface area (TPSA) is 56.2 Å². The number of nitrogens with one attached hydrogen (secondary N) is 1. The molecule has 29 heavy (non-hydrogen) atoms. The number of rotatable bonds is 6. The van der Waals surface area contributed by atoms with Gasteiger partial charge in [0.25, 0.3) is 5.91 Å². The second-order valence-electron chi connectivity index (χ2n) is 6.57. The van der Waals surface area contributed by atoms with Gasteiger partial charge in [0.2, 0.25) is 0 Å². The van der Waals surface area contributed by atoms with Gasteiger partial charge in [-0.05, 0) is 29.8 Å². The Morgan fingerprint density at radius 2 is 1.59 bits per heavy atom. The van der Waals surface area contributed by atoms with Crippen LogP contribution in [-0.2, 0) is 6.54 Å². The third kappa shape index (κ3) is 4.19. The normalized spacial score (nSPS) is 10.5. The molecular formula is C24H21N3O2. The predicted octanol–water partition coefficient (Wildman–Crippen LogP) is 4.86. The molecule has 5 nitrogen and oxygen atoms in total. The molecule has 0 bridgehead atoms. The van der Waals surface area contributed by atoms with Gasteiger partial charge in [-0.3, -0.25) is 4.79 Å². The fourth-order valence-corrected chi connectivity index (χ4v) is 3.06. The zero-order valence-electron chi connectivity index (χ0n) is 16.1. The molecule has 0 radical (unpaired) electrons. The van der Waals surface area contributed by atoms with Crippen molar-refractivity contribution >= 4 is 11.7 Å². The van der Waals surface area contributed by atoms with E-state index in [9.17, 15) is 4.79 Å². The summed E-state index contributed by atoms with van der Waals surface area (Å²) in [6.45, 7) is 0.594. The molecular weight excluding hydrogens is 362 g/mol. The Balaban J connectivity index is 1.67. The van der Waals surface area contributed by atoms with Gasteiger partial charge in [0.05, 0.1) is 12.8 Å². The maximum Gasteiger partial charge on any atom is 0.280 e. The highest BCUT2D eigenvalue weighted by atomic mass is 16.5. The van der Waals surface area contributed by atoms with Crippen molar-refractivity contribution in [2.75, 3.05) is 12.4 Å². The third-order valence-electron chi connectivity index (χ3n) is 4.62. The van der Waals surface area contributed by atoms with Crippen molar-refractivity contribution in [2.24, 2.45) is 0 Å². The fraction of sp³-hybridized carbons (Fsp3) is 0.0833. The van der Waals surface area contributed by atoms with Gasteiger partial charge in [-0.1, -0.05) is 60.7 Å². The van der Waals surface area contributed by atoms with Crippen molar-refractivity contribution in [3.05, 3.63) is 102 Å². The molecule has 0 saturated heterocycles. The van der Waals surface area contributed by atoms with Crippen molar-refractivity contribution in [3.63, 3.8) is 0 Å². The molecule has 5 heteroatoms. The highest BCUT2D eigenvalue weighted by Crippen LogP contribution is 2.23. The van der Waals surface area contributed by atoms with Gasteiger partial charge in [-0.15, -0.1) is 0 Å². The van der Waals surface area contributed by atoms with Crippen LogP contribution in [0.3, 0.4) is 0 Å². The minimum atomic E-state index is -0.203. The lowest BCUT2D eigenvalue weighted by Crippen LogP contribution is -2.17. The van der Waals surface area contributed by atoms with E-state index in [1.165, 1.54) is 4.68 Å². The summed E-state index contributed by atoms with van der Waals surface area (Å²) in [4.78, 5) is 13.1.